The second kappa shape index (κ2) is 10.7. The van der Waals surface area contributed by atoms with Crippen LogP contribution < -0.4 is 0 Å². The predicted octanol–water partition coefficient (Wildman–Crippen LogP) is 3.88. The Kier molecular flexibility index (Phi) is 10.1. The lowest BCUT2D eigenvalue weighted by atomic mass is 9.84. The number of carboxylic acid groups (broad SMARTS) is 1. The van der Waals surface area contributed by atoms with Crippen molar-refractivity contribution in [1.82, 2.24) is 0 Å². The SMILES string of the molecule is CCCCCCCC(C)CC(C)C(C(=O)O)C(=O)OC. The van der Waals surface area contributed by atoms with Crippen LogP contribution in [0.4, 0.5) is 0 Å². The number of hydrogen-bond acceptors (Lipinski definition) is 3. The molecule has 0 radical (unpaired) electrons. The van der Waals surface area contributed by atoms with Gasteiger partial charge in [-0.05, 0) is 18.3 Å². The number of carbonyl (C=O) groups excluding carboxylic acids is 1. The Morgan fingerprint density at radius 1 is 1.10 bits per heavy atom. The first kappa shape index (κ1) is 18.9. The molecule has 0 saturated carbocycles. The van der Waals surface area contributed by atoms with Gasteiger partial charge in [-0.15, -0.1) is 0 Å². The van der Waals surface area contributed by atoms with Crippen LogP contribution >= 0.6 is 0 Å². The molecule has 0 aromatic rings. The van der Waals surface area contributed by atoms with Crippen LogP contribution in [0.2, 0.25) is 0 Å². The summed E-state index contributed by atoms with van der Waals surface area (Å²) >= 11 is 0. The summed E-state index contributed by atoms with van der Waals surface area (Å²) < 4.78 is 4.58. The molecule has 0 spiro atoms. The lowest BCUT2D eigenvalue weighted by Gasteiger charge is -2.21. The van der Waals surface area contributed by atoms with E-state index >= 15 is 0 Å². The van der Waals surface area contributed by atoms with Crippen molar-refractivity contribution in [2.45, 2.75) is 65.7 Å². The van der Waals surface area contributed by atoms with Crippen molar-refractivity contribution in [3.63, 3.8) is 0 Å². The zero-order valence-electron chi connectivity index (χ0n) is 13.4. The van der Waals surface area contributed by atoms with Crippen LogP contribution in [-0.4, -0.2) is 24.2 Å². The van der Waals surface area contributed by atoms with Gasteiger partial charge in [-0.2, -0.15) is 0 Å². The molecule has 20 heavy (non-hydrogen) atoms. The minimum absolute atomic E-state index is 0.189. The zero-order chi connectivity index (χ0) is 15.5. The largest absolute Gasteiger partial charge is 0.481 e. The lowest BCUT2D eigenvalue weighted by Crippen LogP contribution is -2.31. The molecular formula is C16H30O4. The molecular weight excluding hydrogens is 256 g/mol. The van der Waals surface area contributed by atoms with E-state index < -0.39 is 17.9 Å². The Morgan fingerprint density at radius 2 is 1.70 bits per heavy atom. The van der Waals surface area contributed by atoms with Crippen molar-refractivity contribution in [1.29, 1.82) is 0 Å². The molecule has 0 bridgehead atoms. The maximum Gasteiger partial charge on any atom is 0.320 e. The van der Waals surface area contributed by atoms with Crippen molar-refractivity contribution >= 4 is 11.9 Å². The maximum absolute atomic E-state index is 11.5. The van der Waals surface area contributed by atoms with E-state index in [0.29, 0.717) is 5.92 Å². The number of rotatable bonds is 11. The van der Waals surface area contributed by atoms with Crippen molar-refractivity contribution in [2.75, 3.05) is 7.11 Å². The number of aliphatic carboxylic acids is 1. The Balaban J connectivity index is 4.11. The molecule has 3 atom stereocenters. The molecule has 4 heteroatoms. The highest BCUT2D eigenvalue weighted by Gasteiger charge is 2.33. The molecule has 118 valence electrons. The Morgan fingerprint density at radius 3 is 2.20 bits per heavy atom. The van der Waals surface area contributed by atoms with Crippen molar-refractivity contribution in [3.05, 3.63) is 0 Å². The third-order valence-electron chi connectivity index (χ3n) is 3.86. The number of esters is 1. The summed E-state index contributed by atoms with van der Waals surface area (Å²) in [5, 5.41) is 9.13. The van der Waals surface area contributed by atoms with Gasteiger partial charge in [0.05, 0.1) is 7.11 Å². The predicted molar refractivity (Wildman–Crippen MR) is 79.5 cm³/mol. The molecule has 0 amide bonds. The zero-order valence-corrected chi connectivity index (χ0v) is 13.4. The highest BCUT2D eigenvalue weighted by atomic mass is 16.5. The molecule has 0 fully saturated rings. The molecule has 0 aromatic heterocycles. The fourth-order valence-electron chi connectivity index (χ4n) is 2.69. The third kappa shape index (κ3) is 7.51. The van der Waals surface area contributed by atoms with E-state index in [1.54, 1.807) is 0 Å². The number of methoxy groups -OCH3 is 1. The Bertz CT molecular complexity index is 288. The number of hydrogen-bond donors (Lipinski definition) is 1. The molecule has 1 N–H and O–H groups in total. The van der Waals surface area contributed by atoms with E-state index in [0.717, 1.165) is 12.8 Å². The van der Waals surface area contributed by atoms with Gasteiger partial charge in [-0.1, -0.05) is 59.3 Å². The van der Waals surface area contributed by atoms with Crippen LogP contribution in [0, 0.1) is 17.8 Å². The number of carbonyl (C=O) groups is 2. The smallest absolute Gasteiger partial charge is 0.320 e. The monoisotopic (exact) mass is 286 g/mol. The number of carboxylic acids is 1. The fourth-order valence-corrected chi connectivity index (χ4v) is 2.69. The van der Waals surface area contributed by atoms with Gasteiger partial charge in [0.15, 0.2) is 5.92 Å². The van der Waals surface area contributed by atoms with E-state index in [1.165, 1.54) is 39.2 Å². The standard InChI is InChI=1S/C16H30O4/c1-5-6-7-8-9-10-12(2)11-13(3)14(15(17)18)16(19)20-4/h12-14H,5-11H2,1-4H3,(H,17,18). The first-order valence-corrected chi connectivity index (χ1v) is 7.74. The first-order chi connectivity index (χ1) is 9.43. The van der Waals surface area contributed by atoms with Gasteiger partial charge in [-0.25, -0.2) is 0 Å². The van der Waals surface area contributed by atoms with Gasteiger partial charge >= 0.3 is 11.9 Å². The van der Waals surface area contributed by atoms with Crippen molar-refractivity contribution in [3.8, 4) is 0 Å². The summed E-state index contributed by atoms with van der Waals surface area (Å²) in [4.78, 5) is 22.7. The van der Waals surface area contributed by atoms with Gasteiger partial charge in [0.25, 0.3) is 0 Å². The maximum atomic E-state index is 11.5. The second-order valence-electron chi connectivity index (χ2n) is 5.86. The molecule has 0 aromatic carbocycles. The summed E-state index contributed by atoms with van der Waals surface area (Å²) in [6.45, 7) is 6.15. The molecule has 0 saturated heterocycles. The van der Waals surface area contributed by atoms with Crippen LogP contribution in [0.3, 0.4) is 0 Å². The quantitative estimate of drug-likeness (QED) is 0.355. The molecule has 0 aliphatic heterocycles. The van der Waals surface area contributed by atoms with Crippen molar-refractivity contribution in [2.24, 2.45) is 17.8 Å². The molecule has 0 heterocycles. The second-order valence-corrected chi connectivity index (χ2v) is 5.86. The molecule has 0 aliphatic carbocycles. The molecule has 0 rings (SSSR count). The Labute approximate surface area is 122 Å². The van der Waals surface area contributed by atoms with Gasteiger partial charge in [0, 0.05) is 0 Å². The van der Waals surface area contributed by atoms with E-state index in [4.69, 9.17) is 5.11 Å². The average Bonchev–Trinajstić information content (AvgIpc) is 2.37. The summed E-state index contributed by atoms with van der Waals surface area (Å²) in [6, 6.07) is 0. The van der Waals surface area contributed by atoms with Crippen LogP contribution in [0.25, 0.3) is 0 Å². The summed E-state index contributed by atoms with van der Waals surface area (Å²) in [7, 11) is 1.24. The van der Waals surface area contributed by atoms with Crippen molar-refractivity contribution < 1.29 is 19.4 Å². The van der Waals surface area contributed by atoms with E-state index in [1.807, 2.05) is 6.92 Å². The van der Waals surface area contributed by atoms with Gasteiger partial charge in [0.1, 0.15) is 0 Å². The summed E-state index contributed by atoms with van der Waals surface area (Å²) in [6.07, 6.45) is 8.08. The normalized spacial score (nSPS) is 15.4. The minimum Gasteiger partial charge on any atom is -0.481 e. The first-order valence-electron chi connectivity index (χ1n) is 7.74. The number of unbranched alkanes of at least 4 members (excludes halogenated alkanes) is 4. The van der Waals surface area contributed by atoms with Gasteiger partial charge < -0.3 is 9.84 Å². The minimum atomic E-state index is -1.08. The Hall–Kier alpha value is -1.06. The highest BCUT2D eigenvalue weighted by Crippen LogP contribution is 2.25. The van der Waals surface area contributed by atoms with Crippen LogP contribution in [0.5, 0.6) is 0 Å². The molecule has 0 aliphatic rings. The fraction of sp³-hybridized carbons (Fsp3) is 0.875. The van der Waals surface area contributed by atoms with Crippen LogP contribution in [-0.2, 0) is 14.3 Å². The van der Waals surface area contributed by atoms with E-state index in [9.17, 15) is 9.59 Å². The van der Waals surface area contributed by atoms with Crippen LogP contribution in [0.15, 0.2) is 0 Å². The summed E-state index contributed by atoms with van der Waals surface area (Å²) in [5.41, 5.74) is 0. The third-order valence-corrected chi connectivity index (χ3v) is 3.86. The molecule has 3 unspecified atom stereocenters. The van der Waals surface area contributed by atoms with E-state index in [2.05, 4.69) is 18.6 Å². The van der Waals surface area contributed by atoms with Crippen LogP contribution in [0.1, 0.15) is 65.7 Å². The van der Waals surface area contributed by atoms with E-state index in [-0.39, 0.29) is 5.92 Å². The topological polar surface area (TPSA) is 63.6 Å². The number of ether oxygens (including phenoxy) is 1. The van der Waals surface area contributed by atoms with Gasteiger partial charge in [-0.3, -0.25) is 9.59 Å². The lowest BCUT2D eigenvalue weighted by molar-refractivity contribution is -0.159. The highest BCUT2D eigenvalue weighted by molar-refractivity contribution is 5.94. The molecule has 4 nitrogen and oxygen atoms in total. The van der Waals surface area contributed by atoms with Gasteiger partial charge in [0.2, 0.25) is 0 Å². The average molecular weight is 286 g/mol. The summed E-state index contributed by atoms with van der Waals surface area (Å²) in [5.74, 6) is -2.51.